The van der Waals surface area contributed by atoms with Gasteiger partial charge in [-0.05, 0) is 51.4 Å². The van der Waals surface area contributed by atoms with Crippen molar-refractivity contribution in [1.29, 1.82) is 5.26 Å². The fourth-order valence-electron chi connectivity index (χ4n) is 6.73. The van der Waals surface area contributed by atoms with Crippen LogP contribution in [0.1, 0.15) is 42.5 Å². The number of fused-ring (bicyclic) bond motifs is 1. The maximum Gasteiger partial charge on any atom is 0.419 e. The standard InChI is InChI=1S/C31H36ClF3N8O2/c1-39-12-5-6-22(39)20-45-29-37-25-19-41(26-8-4-7-24(32)27(26)31(33,34)35)15-10-23(25)28(38-29)42-16-17-43(21(18-42)9-11-36)30(44)40-13-2-3-14-40/h2,4,7-8,13,21-22H,3,5-6,9-10,12,14-20H2,1H3/t21-,22-/m0/s1. The number of nitriles is 1. The van der Waals surface area contributed by atoms with Gasteiger partial charge < -0.3 is 29.2 Å². The van der Waals surface area contributed by atoms with Crippen LogP contribution in [0.2, 0.25) is 5.02 Å². The van der Waals surface area contributed by atoms with E-state index in [0.29, 0.717) is 57.3 Å². The molecule has 14 heteroatoms. The molecule has 6 rings (SSSR count). The largest absolute Gasteiger partial charge is 0.462 e. The molecule has 0 radical (unpaired) electrons. The second kappa shape index (κ2) is 12.9. The highest BCUT2D eigenvalue weighted by molar-refractivity contribution is 6.31. The molecule has 0 unspecified atom stereocenters. The number of carbonyl (C=O) groups is 1. The summed E-state index contributed by atoms with van der Waals surface area (Å²) in [5.74, 6) is 0.646. The van der Waals surface area contributed by atoms with Gasteiger partial charge in [0.05, 0.1) is 47.0 Å². The van der Waals surface area contributed by atoms with Crippen molar-refractivity contribution >= 4 is 29.1 Å². The second-order valence-electron chi connectivity index (χ2n) is 12.0. The molecular weight excluding hydrogens is 609 g/mol. The van der Waals surface area contributed by atoms with Crippen LogP contribution in [0.15, 0.2) is 30.5 Å². The van der Waals surface area contributed by atoms with Gasteiger partial charge in [0.15, 0.2) is 0 Å². The summed E-state index contributed by atoms with van der Waals surface area (Å²) in [7, 11) is 2.05. The summed E-state index contributed by atoms with van der Waals surface area (Å²) in [4.78, 5) is 32.2. The predicted octanol–water partition coefficient (Wildman–Crippen LogP) is 4.93. The number of aromatic nitrogens is 2. The van der Waals surface area contributed by atoms with E-state index in [1.54, 1.807) is 20.9 Å². The number of ether oxygens (including phenoxy) is 1. The van der Waals surface area contributed by atoms with E-state index in [-0.39, 0.29) is 47.8 Å². The number of alkyl halides is 3. The highest BCUT2D eigenvalue weighted by Gasteiger charge is 2.39. The number of benzene rings is 1. The van der Waals surface area contributed by atoms with E-state index < -0.39 is 11.7 Å². The summed E-state index contributed by atoms with van der Waals surface area (Å²) >= 11 is 6.06. The molecule has 2 atom stereocenters. The van der Waals surface area contributed by atoms with E-state index in [1.807, 2.05) is 6.08 Å². The second-order valence-corrected chi connectivity index (χ2v) is 12.4. The van der Waals surface area contributed by atoms with E-state index in [0.717, 1.165) is 31.4 Å². The lowest BCUT2D eigenvalue weighted by Gasteiger charge is -2.43. The average Bonchev–Trinajstić information content (AvgIpc) is 3.70. The molecule has 10 nitrogen and oxygen atoms in total. The molecule has 4 aliphatic rings. The third-order valence-corrected chi connectivity index (χ3v) is 9.45. The number of amides is 2. The van der Waals surface area contributed by atoms with Crippen molar-refractivity contribution in [3.8, 4) is 12.1 Å². The zero-order valence-corrected chi connectivity index (χ0v) is 25.9. The van der Waals surface area contributed by atoms with E-state index in [1.165, 1.54) is 18.2 Å². The fourth-order valence-corrected chi connectivity index (χ4v) is 7.01. The number of likely N-dealkylation sites (N-methyl/N-ethyl adjacent to an activating group) is 1. The third-order valence-electron chi connectivity index (χ3n) is 9.14. The van der Waals surface area contributed by atoms with E-state index in [9.17, 15) is 23.2 Å². The molecule has 0 bridgehead atoms. The minimum atomic E-state index is -4.62. The summed E-state index contributed by atoms with van der Waals surface area (Å²) in [5.41, 5.74) is 0.572. The Labute approximate surface area is 265 Å². The molecule has 2 aromatic rings. The zero-order chi connectivity index (χ0) is 31.7. The molecule has 2 fully saturated rings. The number of hydrogen-bond acceptors (Lipinski definition) is 8. The number of halogens is 4. The SMILES string of the molecule is CN1CCC[C@H]1COc1nc2c(c(N3CCN(C(=O)N4C=CCC4)[C@@H](CC#N)C3)n1)CCN(c1cccc(Cl)c1C(F)(F)F)C2. The van der Waals surface area contributed by atoms with Crippen LogP contribution >= 0.6 is 11.6 Å². The lowest BCUT2D eigenvalue weighted by molar-refractivity contribution is -0.137. The molecular formula is C31H36ClF3N8O2. The molecule has 2 amide bonds. The zero-order valence-electron chi connectivity index (χ0n) is 25.1. The molecule has 2 saturated heterocycles. The summed E-state index contributed by atoms with van der Waals surface area (Å²) in [5, 5.41) is 9.28. The normalized spacial score (nSPS) is 22.1. The molecule has 0 saturated carbocycles. The topological polar surface area (TPSA) is 92.1 Å². The van der Waals surface area contributed by atoms with Gasteiger partial charge in [0.2, 0.25) is 0 Å². The van der Waals surface area contributed by atoms with Crippen molar-refractivity contribution in [1.82, 2.24) is 24.7 Å². The maximum absolute atomic E-state index is 14.1. The molecule has 1 aromatic heterocycles. The van der Waals surface area contributed by atoms with Crippen molar-refractivity contribution in [2.45, 2.75) is 56.9 Å². The first kappa shape index (κ1) is 31.2. The van der Waals surface area contributed by atoms with Crippen LogP contribution in [-0.4, -0.2) is 95.7 Å². The number of anilines is 2. The minimum Gasteiger partial charge on any atom is -0.462 e. The molecule has 0 N–H and O–H groups in total. The molecule has 5 heterocycles. The third kappa shape index (κ3) is 6.49. The highest BCUT2D eigenvalue weighted by atomic mass is 35.5. The Hall–Kier alpha value is -3.76. The van der Waals surface area contributed by atoms with Gasteiger partial charge in [-0.2, -0.15) is 28.4 Å². The molecule has 0 spiro atoms. The van der Waals surface area contributed by atoms with Gasteiger partial charge in [-0.15, -0.1) is 0 Å². The predicted molar refractivity (Wildman–Crippen MR) is 163 cm³/mol. The fraction of sp³-hybridized carbons (Fsp3) is 0.548. The maximum atomic E-state index is 14.1. The van der Waals surface area contributed by atoms with Crippen LogP contribution in [0.4, 0.5) is 29.5 Å². The van der Waals surface area contributed by atoms with Gasteiger partial charge in [0.25, 0.3) is 0 Å². The van der Waals surface area contributed by atoms with Crippen LogP contribution in [0, 0.1) is 11.3 Å². The molecule has 45 heavy (non-hydrogen) atoms. The lowest BCUT2D eigenvalue weighted by atomic mass is 10.0. The van der Waals surface area contributed by atoms with Gasteiger partial charge in [0, 0.05) is 50.5 Å². The van der Waals surface area contributed by atoms with Gasteiger partial charge in [0.1, 0.15) is 12.4 Å². The summed E-state index contributed by atoms with van der Waals surface area (Å²) in [6, 6.07) is 6.37. The molecule has 240 valence electrons. The molecule has 0 aliphatic carbocycles. The van der Waals surface area contributed by atoms with Crippen LogP contribution in [0.5, 0.6) is 6.01 Å². The molecule has 1 aromatic carbocycles. The monoisotopic (exact) mass is 644 g/mol. The quantitative estimate of drug-likeness (QED) is 0.437. The number of likely N-dealkylation sites (tertiary alicyclic amines) is 1. The van der Waals surface area contributed by atoms with Crippen molar-refractivity contribution in [3.63, 3.8) is 0 Å². The van der Waals surface area contributed by atoms with Crippen molar-refractivity contribution < 1.29 is 22.7 Å². The van der Waals surface area contributed by atoms with Gasteiger partial charge >= 0.3 is 18.2 Å². The number of rotatable bonds is 6. The highest BCUT2D eigenvalue weighted by Crippen LogP contribution is 2.43. The Morgan fingerprint density at radius 2 is 1.98 bits per heavy atom. The first-order chi connectivity index (χ1) is 21.6. The number of urea groups is 1. The van der Waals surface area contributed by atoms with Crippen molar-refractivity contribution in [3.05, 3.63) is 52.3 Å². The van der Waals surface area contributed by atoms with Crippen molar-refractivity contribution in [2.75, 3.05) is 62.7 Å². The number of piperazine rings is 1. The smallest absolute Gasteiger partial charge is 0.419 e. The van der Waals surface area contributed by atoms with Crippen LogP contribution in [0.3, 0.4) is 0 Å². The Bertz CT molecular complexity index is 1500. The number of nitrogens with zero attached hydrogens (tertiary/aromatic N) is 8. The summed E-state index contributed by atoms with van der Waals surface area (Å²) < 4.78 is 48.4. The Balaban J connectivity index is 1.31. The van der Waals surface area contributed by atoms with E-state index in [2.05, 4.69) is 22.9 Å². The first-order valence-electron chi connectivity index (χ1n) is 15.3. The van der Waals surface area contributed by atoms with E-state index >= 15 is 0 Å². The van der Waals surface area contributed by atoms with Gasteiger partial charge in [-0.25, -0.2) is 4.79 Å². The van der Waals surface area contributed by atoms with Crippen LogP contribution < -0.4 is 14.5 Å². The minimum absolute atomic E-state index is 0.00744. The van der Waals surface area contributed by atoms with Gasteiger partial charge in [-0.1, -0.05) is 23.7 Å². The summed E-state index contributed by atoms with van der Waals surface area (Å²) in [6.07, 6.45) is 2.56. The number of hydrogen-bond donors (Lipinski definition) is 0. The van der Waals surface area contributed by atoms with Crippen molar-refractivity contribution in [2.24, 2.45) is 0 Å². The molecule has 4 aliphatic heterocycles. The Morgan fingerprint density at radius 1 is 1.13 bits per heavy atom. The Morgan fingerprint density at radius 3 is 2.69 bits per heavy atom. The first-order valence-corrected chi connectivity index (χ1v) is 15.7. The average molecular weight is 645 g/mol. The summed E-state index contributed by atoms with van der Waals surface area (Å²) in [6.45, 7) is 3.70. The van der Waals surface area contributed by atoms with Crippen LogP contribution in [0.25, 0.3) is 0 Å². The lowest BCUT2D eigenvalue weighted by Crippen LogP contribution is -2.58. The Kier molecular flexibility index (Phi) is 8.97. The van der Waals surface area contributed by atoms with Crippen LogP contribution in [-0.2, 0) is 19.1 Å². The van der Waals surface area contributed by atoms with E-state index in [4.69, 9.17) is 26.3 Å². The van der Waals surface area contributed by atoms with Gasteiger partial charge in [-0.3, -0.25) is 0 Å². The number of carbonyl (C=O) groups excluding carboxylic acids is 1.